The minimum absolute atomic E-state index is 0.102. The monoisotopic (exact) mass is 607 g/mol. The summed E-state index contributed by atoms with van der Waals surface area (Å²) in [6.45, 7) is 6.20. The van der Waals surface area contributed by atoms with Crippen molar-refractivity contribution < 1.29 is 23.9 Å². The number of hydrogen-bond donors (Lipinski definition) is 3. The van der Waals surface area contributed by atoms with Crippen LogP contribution < -0.4 is 25.4 Å². The van der Waals surface area contributed by atoms with Crippen LogP contribution in [0.4, 0.5) is 11.4 Å². The van der Waals surface area contributed by atoms with Crippen molar-refractivity contribution in [2.45, 2.75) is 36.8 Å². The van der Waals surface area contributed by atoms with E-state index in [0.29, 0.717) is 34.4 Å². The summed E-state index contributed by atoms with van der Waals surface area (Å²) >= 11 is 1.36. The number of anilines is 2. The summed E-state index contributed by atoms with van der Waals surface area (Å²) < 4.78 is 10.7. The number of thioether (sulfide) groups is 1. The van der Waals surface area contributed by atoms with Gasteiger partial charge in [0.1, 0.15) is 5.70 Å². The van der Waals surface area contributed by atoms with Crippen molar-refractivity contribution in [1.29, 1.82) is 0 Å². The Bertz CT molecular complexity index is 1690. The first-order valence-electron chi connectivity index (χ1n) is 14.2. The maximum absolute atomic E-state index is 13.5. The Morgan fingerprint density at radius 1 is 0.773 bits per heavy atom. The molecule has 0 bridgehead atoms. The average molecular weight is 608 g/mol. The largest absolute Gasteiger partial charge is 0.454 e. The molecule has 5 rings (SSSR count). The molecular weight excluding hydrogens is 574 g/mol. The molecule has 1 atom stereocenters. The predicted octanol–water partition coefficient (Wildman–Crippen LogP) is 7.07. The third-order valence-electron chi connectivity index (χ3n) is 6.86. The van der Waals surface area contributed by atoms with Crippen molar-refractivity contribution in [3.05, 3.63) is 119 Å². The van der Waals surface area contributed by atoms with Gasteiger partial charge in [0.05, 0.1) is 5.25 Å². The van der Waals surface area contributed by atoms with Crippen molar-refractivity contribution >= 4 is 46.9 Å². The van der Waals surface area contributed by atoms with Crippen LogP contribution in [-0.4, -0.2) is 29.8 Å². The SMILES string of the molecule is CC(Sc1cccc(NC(=O)/C(=C\c2ccc(C(C)C)cc2)NC(=O)c2ccccc2)c1)C(=O)Nc1ccc2c(c1)OCO2. The van der Waals surface area contributed by atoms with E-state index in [1.807, 2.05) is 43.3 Å². The second-order valence-electron chi connectivity index (χ2n) is 10.5. The van der Waals surface area contributed by atoms with Gasteiger partial charge in [-0.3, -0.25) is 14.4 Å². The van der Waals surface area contributed by atoms with E-state index in [2.05, 4.69) is 29.8 Å². The van der Waals surface area contributed by atoms with Gasteiger partial charge in [0.25, 0.3) is 11.8 Å². The molecule has 0 radical (unpaired) electrons. The third-order valence-corrected chi connectivity index (χ3v) is 7.95. The highest BCUT2D eigenvalue weighted by molar-refractivity contribution is 8.00. The summed E-state index contributed by atoms with van der Waals surface area (Å²) in [6, 6.07) is 29.1. The number of rotatable bonds is 10. The van der Waals surface area contributed by atoms with Crippen LogP contribution in [0, 0.1) is 0 Å². The predicted molar refractivity (Wildman–Crippen MR) is 174 cm³/mol. The lowest BCUT2D eigenvalue weighted by atomic mass is 10.0. The van der Waals surface area contributed by atoms with Gasteiger partial charge in [0, 0.05) is 27.9 Å². The molecule has 0 aliphatic carbocycles. The Morgan fingerprint density at radius 2 is 1.50 bits per heavy atom. The average Bonchev–Trinajstić information content (AvgIpc) is 3.49. The van der Waals surface area contributed by atoms with E-state index in [0.717, 1.165) is 10.5 Å². The van der Waals surface area contributed by atoms with Gasteiger partial charge in [-0.1, -0.05) is 62.4 Å². The van der Waals surface area contributed by atoms with Gasteiger partial charge in [0.2, 0.25) is 12.7 Å². The summed E-state index contributed by atoms with van der Waals surface area (Å²) in [5.74, 6) is 0.561. The highest BCUT2D eigenvalue weighted by Gasteiger charge is 2.19. The van der Waals surface area contributed by atoms with E-state index in [4.69, 9.17) is 9.47 Å². The second kappa shape index (κ2) is 14.0. The molecule has 3 N–H and O–H groups in total. The van der Waals surface area contributed by atoms with Crippen molar-refractivity contribution in [1.82, 2.24) is 5.32 Å². The topological polar surface area (TPSA) is 106 Å². The number of carbonyl (C=O) groups excluding carboxylic acids is 3. The molecule has 8 nitrogen and oxygen atoms in total. The van der Waals surface area contributed by atoms with Crippen molar-refractivity contribution in [2.75, 3.05) is 17.4 Å². The minimum Gasteiger partial charge on any atom is -0.454 e. The molecule has 4 aromatic carbocycles. The van der Waals surface area contributed by atoms with Crippen LogP contribution in [-0.2, 0) is 9.59 Å². The molecule has 1 aliphatic rings. The lowest BCUT2D eigenvalue weighted by Crippen LogP contribution is -2.30. The van der Waals surface area contributed by atoms with Gasteiger partial charge >= 0.3 is 0 Å². The van der Waals surface area contributed by atoms with Crippen molar-refractivity contribution in [3.63, 3.8) is 0 Å². The van der Waals surface area contributed by atoms with Gasteiger partial charge in [-0.25, -0.2) is 0 Å². The summed E-state index contributed by atoms with van der Waals surface area (Å²) in [5, 5.41) is 8.14. The normalized spacial score (nSPS) is 12.9. The Kier molecular flexibility index (Phi) is 9.66. The number of nitrogens with one attached hydrogen (secondary N) is 3. The molecule has 9 heteroatoms. The van der Waals surface area contributed by atoms with E-state index < -0.39 is 17.1 Å². The fourth-order valence-electron chi connectivity index (χ4n) is 4.41. The fraction of sp³-hybridized carbons (Fsp3) is 0.171. The Hall–Kier alpha value is -5.02. The molecule has 0 spiro atoms. The van der Waals surface area contributed by atoms with E-state index in [9.17, 15) is 14.4 Å². The van der Waals surface area contributed by atoms with Crippen LogP contribution >= 0.6 is 11.8 Å². The van der Waals surface area contributed by atoms with E-state index in [1.165, 1.54) is 17.3 Å². The molecule has 224 valence electrons. The first kappa shape index (κ1) is 30.4. The minimum atomic E-state index is -0.474. The highest BCUT2D eigenvalue weighted by atomic mass is 32.2. The zero-order valence-corrected chi connectivity index (χ0v) is 25.4. The van der Waals surface area contributed by atoms with Gasteiger partial charge in [-0.2, -0.15) is 0 Å². The molecule has 1 unspecified atom stereocenters. The van der Waals surface area contributed by atoms with Crippen LogP contribution in [0.15, 0.2) is 108 Å². The zero-order valence-electron chi connectivity index (χ0n) is 24.6. The maximum Gasteiger partial charge on any atom is 0.272 e. The second-order valence-corrected chi connectivity index (χ2v) is 11.9. The van der Waals surface area contributed by atoms with Crippen molar-refractivity contribution in [2.24, 2.45) is 0 Å². The van der Waals surface area contributed by atoms with Crippen LogP contribution in [0.2, 0.25) is 0 Å². The molecule has 0 fully saturated rings. The molecule has 1 aliphatic heterocycles. The van der Waals surface area contributed by atoms with Gasteiger partial charge < -0.3 is 25.4 Å². The molecule has 1 heterocycles. The first-order valence-corrected chi connectivity index (χ1v) is 15.1. The quantitative estimate of drug-likeness (QED) is 0.132. The van der Waals surface area contributed by atoms with Crippen LogP contribution in [0.1, 0.15) is 48.2 Å². The van der Waals surface area contributed by atoms with Crippen molar-refractivity contribution in [3.8, 4) is 11.5 Å². The fourth-order valence-corrected chi connectivity index (χ4v) is 5.33. The lowest BCUT2D eigenvalue weighted by Gasteiger charge is -2.14. The summed E-state index contributed by atoms with van der Waals surface area (Å²) in [4.78, 5) is 40.2. The summed E-state index contributed by atoms with van der Waals surface area (Å²) in [7, 11) is 0. The number of amides is 3. The Balaban J connectivity index is 1.28. The number of fused-ring (bicyclic) bond motifs is 1. The summed E-state index contributed by atoms with van der Waals surface area (Å²) in [6.07, 6.45) is 1.65. The Labute approximate surface area is 260 Å². The summed E-state index contributed by atoms with van der Waals surface area (Å²) in [5.41, 5.74) is 3.63. The molecule has 0 saturated heterocycles. The van der Waals surface area contributed by atoms with Crippen LogP contribution in [0.3, 0.4) is 0 Å². The van der Waals surface area contributed by atoms with E-state index >= 15 is 0 Å². The first-order chi connectivity index (χ1) is 21.2. The number of hydrogen-bond acceptors (Lipinski definition) is 6. The van der Waals surface area contributed by atoms with Crippen LogP contribution in [0.25, 0.3) is 6.08 Å². The number of carbonyl (C=O) groups is 3. The van der Waals surface area contributed by atoms with Crippen LogP contribution in [0.5, 0.6) is 11.5 Å². The van der Waals surface area contributed by atoms with E-state index in [1.54, 1.807) is 66.7 Å². The highest BCUT2D eigenvalue weighted by Crippen LogP contribution is 2.34. The zero-order chi connectivity index (χ0) is 31.1. The number of benzene rings is 4. The van der Waals surface area contributed by atoms with Gasteiger partial charge in [-0.05, 0) is 72.5 Å². The van der Waals surface area contributed by atoms with E-state index in [-0.39, 0.29) is 18.4 Å². The Morgan fingerprint density at radius 3 is 2.25 bits per heavy atom. The van der Waals surface area contributed by atoms with Gasteiger partial charge in [0.15, 0.2) is 11.5 Å². The maximum atomic E-state index is 13.5. The standard InChI is InChI=1S/C35H33N3O5S/c1-22(2)25-14-12-24(13-15-25)18-30(38-34(40)26-8-5-4-6-9-26)35(41)37-27-10-7-11-29(19-27)44-23(3)33(39)36-28-16-17-31-32(20-28)43-21-42-31/h4-20,22-23H,21H2,1-3H3,(H,36,39)(H,37,41)(H,38,40)/b30-18+. The molecule has 0 saturated carbocycles. The smallest absolute Gasteiger partial charge is 0.272 e. The molecule has 0 aromatic heterocycles. The number of ether oxygens (including phenoxy) is 2. The van der Waals surface area contributed by atoms with Gasteiger partial charge in [-0.15, -0.1) is 11.8 Å². The molecule has 4 aromatic rings. The third kappa shape index (κ3) is 7.87. The molecule has 44 heavy (non-hydrogen) atoms. The molecular formula is C35H33N3O5S. The lowest BCUT2D eigenvalue weighted by molar-refractivity contribution is -0.115. The molecule has 3 amide bonds.